The lowest BCUT2D eigenvalue weighted by Crippen LogP contribution is -2.31. The zero-order valence-electron chi connectivity index (χ0n) is 9.65. The molecule has 1 aromatic rings. The first-order chi connectivity index (χ1) is 7.40. The van der Waals surface area contributed by atoms with Gasteiger partial charge in [-0.3, -0.25) is 0 Å². The van der Waals surface area contributed by atoms with Crippen LogP contribution in [0.15, 0.2) is 10.3 Å². The number of aryl methyl sites for hydroxylation is 1. The van der Waals surface area contributed by atoms with E-state index < -0.39 is 10.0 Å². The first kappa shape index (κ1) is 13.6. The van der Waals surface area contributed by atoms with Crippen molar-refractivity contribution in [2.75, 3.05) is 0 Å². The van der Waals surface area contributed by atoms with Crippen LogP contribution in [0.2, 0.25) is 0 Å². The number of aliphatic hydroxyl groups is 1. The van der Waals surface area contributed by atoms with E-state index in [1.807, 2.05) is 13.8 Å². The predicted molar refractivity (Wildman–Crippen MR) is 65.1 cm³/mol. The maximum Gasteiger partial charge on any atom is 0.250 e. The number of rotatable bonds is 5. The van der Waals surface area contributed by atoms with Crippen molar-refractivity contribution in [3.8, 4) is 0 Å². The summed E-state index contributed by atoms with van der Waals surface area (Å²) < 4.78 is 26.7. The number of aliphatic hydroxyl groups excluding tert-OH is 1. The quantitative estimate of drug-likeness (QED) is 0.848. The fourth-order valence-electron chi connectivity index (χ4n) is 1.18. The Labute approximate surface area is 100 Å². The molecule has 0 amide bonds. The van der Waals surface area contributed by atoms with Crippen molar-refractivity contribution in [3.05, 3.63) is 16.5 Å². The van der Waals surface area contributed by atoms with E-state index in [9.17, 15) is 8.42 Å². The molecule has 1 aromatic heterocycles. The number of nitrogens with one attached hydrogen (secondary N) is 1. The van der Waals surface area contributed by atoms with E-state index in [4.69, 9.17) is 5.11 Å². The molecule has 1 unspecified atom stereocenters. The van der Waals surface area contributed by atoms with Crippen molar-refractivity contribution < 1.29 is 13.5 Å². The molecular formula is C10H17NO3S2. The van der Waals surface area contributed by atoms with Gasteiger partial charge in [0.05, 0.1) is 6.61 Å². The summed E-state index contributed by atoms with van der Waals surface area (Å²) in [4.78, 5) is 0.699. The Morgan fingerprint density at radius 3 is 2.62 bits per heavy atom. The van der Waals surface area contributed by atoms with E-state index in [0.29, 0.717) is 4.88 Å². The SMILES string of the molecule is CCC(C)NS(=O)(=O)c1cc(C)c(CO)s1. The van der Waals surface area contributed by atoms with Gasteiger partial charge in [-0.15, -0.1) is 11.3 Å². The van der Waals surface area contributed by atoms with Gasteiger partial charge in [0.1, 0.15) is 4.21 Å². The molecule has 0 aromatic carbocycles. The minimum absolute atomic E-state index is 0.0787. The van der Waals surface area contributed by atoms with Gasteiger partial charge in [0.25, 0.3) is 0 Å². The van der Waals surface area contributed by atoms with E-state index >= 15 is 0 Å². The van der Waals surface area contributed by atoms with Crippen molar-refractivity contribution in [2.24, 2.45) is 0 Å². The van der Waals surface area contributed by atoms with Crippen molar-refractivity contribution in [1.82, 2.24) is 4.72 Å². The van der Waals surface area contributed by atoms with Crippen LogP contribution in [0.25, 0.3) is 0 Å². The minimum Gasteiger partial charge on any atom is -0.391 e. The molecule has 0 aliphatic carbocycles. The largest absolute Gasteiger partial charge is 0.391 e. The topological polar surface area (TPSA) is 66.4 Å². The third-order valence-corrected chi connectivity index (χ3v) is 5.66. The lowest BCUT2D eigenvalue weighted by molar-refractivity contribution is 0.285. The molecule has 0 bridgehead atoms. The molecule has 0 fully saturated rings. The van der Waals surface area contributed by atoms with Crippen LogP contribution in [0.4, 0.5) is 0 Å². The smallest absolute Gasteiger partial charge is 0.250 e. The predicted octanol–water partition coefficient (Wildman–Crippen LogP) is 1.63. The standard InChI is InChI=1S/C10H17NO3S2/c1-4-8(3)11-16(13,14)10-5-7(2)9(6-12)15-10/h5,8,11-12H,4,6H2,1-3H3. The summed E-state index contributed by atoms with van der Waals surface area (Å²) >= 11 is 1.12. The molecule has 2 N–H and O–H groups in total. The first-order valence-electron chi connectivity index (χ1n) is 5.13. The Bertz CT molecular complexity index is 451. The van der Waals surface area contributed by atoms with E-state index in [0.717, 1.165) is 23.3 Å². The molecule has 92 valence electrons. The fraction of sp³-hybridized carbons (Fsp3) is 0.600. The summed E-state index contributed by atoms with van der Waals surface area (Å²) in [7, 11) is -3.43. The van der Waals surface area contributed by atoms with Gasteiger partial charge >= 0.3 is 0 Å². The number of hydrogen-bond donors (Lipinski definition) is 2. The maximum absolute atomic E-state index is 11.9. The van der Waals surface area contributed by atoms with Crippen LogP contribution < -0.4 is 4.72 Å². The number of thiophene rings is 1. The second-order valence-electron chi connectivity index (χ2n) is 3.76. The molecular weight excluding hydrogens is 246 g/mol. The van der Waals surface area contributed by atoms with Gasteiger partial charge in [0, 0.05) is 10.9 Å². The lowest BCUT2D eigenvalue weighted by Gasteiger charge is -2.10. The Kier molecular flexibility index (Phi) is 4.49. The van der Waals surface area contributed by atoms with Crippen LogP contribution >= 0.6 is 11.3 Å². The summed E-state index contributed by atoms with van der Waals surface area (Å²) in [6.07, 6.45) is 0.746. The zero-order chi connectivity index (χ0) is 12.3. The maximum atomic E-state index is 11.9. The fourth-order valence-corrected chi connectivity index (χ4v) is 3.98. The van der Waals surface area contributed by atoms with E-state index in [2.05, 4.69) is 4.72 Å². The van der Waals surface area contributed by atoms with Crippen LogP contribution in [0.5, 0.6) is 0 Å². The highest BCUT2D eigenvalue weighted by atomic mass is 32.2. The highest BCUT2D eigenvalue weighted by molar-refractivity contribution is 7.91. The second kappa shape index (κ2) is 5.27. The molecule has 4 nitrogen and oxygen atoms in total. The molecule has 1 heterocycles. The Balaban J connectivity index is 2.98. The average Bonchev–Trinajstić information content (AvgIpc) is 2.59. The van der Waals surface area contributed by atoms with E-state index in [1.165, 1.54) is 0 Å². The van der Waals surface area contributed by atoms with E-state index in [-0.39, 0.29) is 16.9 Å². The van der Waals surface area contributed by atoms with Crippen LogP contribution in [0, 0.1) is 6.92 Å². The minimum atomic E-state index is -3.43. The molecule has 0 saturated heterocycles. The summed E-state index contributed by atoms with van der Waals surface area (Å²) in [6, 6.07) is 1.52. The first-order valence-corrected chi connectivity index (χ1v) is 7.43. The van der Waals surface area contributed by atoms with Crippen molar-refractivity contribution >= 4 is 21.4 Å². The van der Waals surface area contributed by atoms with Gasteiger partial charge in [0.15, 0.2) is 0 Å². The van der Waals surface area contributed by atoms with Gasteiger partial charge < -0.3 is 5.11 Å². The van der Waals surface area contributed by atoms with Gasteiger partial charge in [-0.2, -0.15) is 0 Å². The highest BCUT2D eigenvalue weighted by Crippen LogP contribution is 2.26. The van der Waals surface area contributed by atoms with Crippen molar-refractivity contribution in [1.29, 1.82) is 0 Å². The molecule has 0 aliphatic rings. The molecule has 0 spiro atoms. The molecule has 6 heteroatoms. The Morgan fingerprint density at radius 2 is 2.19 bits per heavy atom. The van der Waals surface area contributed by atoms with Crippen molar-refractivity contribution in [2.45, 2.75) is 44.0 Å². The van der Waals surface area contributed by atoms with E-state index in [1.54, 1.807) is 13.0 Å². The van der Waals surface area contributed by atoms with Gasteiger partial charge in [-0.25, -0.2) is 13.1 Å². The van der Waals surface area contributed by atoms with Crippen LogP contribution in [0.3, 0.4) is 0 Å². The second-order valence-corrected chi connectivity index (χ2v) is 6.84. The van der Waals surface area contributed by atoms with Crippen LogP contribution in [-0.4, -0.2) is 19.6 Å². The molecule has 1 rings (SSSR count). The average molecular weight is 263 g/mol. The molecule has 0 aliphatic heterocycles. The molecule has 16 heavy (non-hydrogen) atoms. The summed E-state index contributed by atoms with van der Waals surface area (Å²) in [5, 5.41) is 9.02. The third kappa shape index (κ3) is 3.04. The monoisotopic (exact) mass is 263 g/mol. The van der Waals surface area contributed by atoms with Gasteiger partial charge in [-0.1, -0.05) is 6.92 Å². The zero-order valence-corrected chi connectivity index (χ0v) is 11.3. The Morgan fingerprint density at radius 1 is 1.56 bits per heavy atom. The summed E-state index contributed by atoms with van der Waals surface area (Å²) in [5.74, 6) is 0. The number of sulfonamides is 1. The Hall–Kier alpha value is -0.430. The highest BCUT2D eigenvalue weighted by Gasteiger charge is 2.20. The molecule has 1 atom stereocenters. The van der Waals surface area contributed by atoms with Crippen molar-refractivity contribution in [3.63, 3.8) is 0 Å². The van der Waals surface area contributed by atoms with Crippen LogP contribution in [-0.2, 0) is 16.6 Å². The molecule has 0 radical (unpaired) electrons. The number of hydrogen-bond acceptors (Lipinski definition) is 4. The van der Waals surface area contributed by atoms with Gasteiger partial charge in [0.2, 0.25) is 10.0 Å². The lowest BCUT2D eigenvalue weighted by atomic mass is 10.3. The summed E-state index contributed by atoms with van der Waals surface area (Å²) in [6.45, 7) is 5.43. The summed E-state index contributed by atoms with van der Waals surface area (Å²) in [5.41, 5.74) is 0.817. The van der Waals surface area contributed by atoms with Gasteiger partial charge in [-0.05, 0) is 31.9 Å². The third-order valence-electron chi connectivity index (χ3n) is 2.38. The molecule has 0 saturated carbocycles. The van der Waals surface area contributed by atoms with Crippen LogP contribution in [0.1, 0.15) is 30.7 Å². The normalized spacial score (nSPS) is 14.0.